The summed E-state index contributed by atoms with van der Waals surface area (Å²) in [5.41, 5.74) is 4.97. The number of anilines is 1. The van der Waals surface area contributed by atoms with Crippen molar-refractivity contribution in [2.45, 2.75) is 13.3 Å². The molecule has 3 rings (SSSR count). The number of carbonyl (C=O) groups is 1. The molecule has 0 bridgehead atoms. The van der Waals surface area contributed by atoms with E-state index in [1.807, 2.05) is 18.4 Å². The fourth-order valence-electron chi connectivity index (χ4n) is 2.40. The van der Waals surface area contributed by atoms with E-state index < -0.39 is 5.41 Å². The van der Waals surface area contributed by atoms with Crippen LogP contribution < -0.4 is 10.6 Å². The number of aromatic nitrogens is 2. The Morgan fingerprint density at radius 1 is 1.58 bits per heavy atom. The predicted molar refractivity (Wildman–Crippen MR) is 76.6 cm³/mol. The fraction of sp³-hybridized carbons (Fsp3) is 0.417. The maximum Gasteiger partial charge on any atom is 0.225 e. The van der Waals surface area contributed by atoms with Crippen molar-refractivity contribution >= 4 is 44.9 Å². The van der Waals surface area contributed by atoms with Gasteiger partial charge in [-0.3, -0.25) is 4.79 Å². The number of fused-ring (bicyclic) bond motifs is 1. The molecule has 5 nitrogen and oxygen atoms in total. The molecule has 0 aromatic carbocycles. The van der Waals surface area contributed by atoms with Crippen LogP contribution in [0.5, 0.6) is 0 Å². The Morgan fingerprint density at radius 2 is 2.37 bits per heavy atom. The number of hydrogen-bond acceptors (Lipinski definition) is 5. The van der Waals surface area contributed by atoms with Crippen LogP contribution in [0.25, 0.3) is 10.2 Å². The highest BCUT2D eigenvalue weighted by molar-refractivity contribution is 7.16. The molecular formula is C12H13ClN4OS. The van der Waals surface area contributed by atoms with Crippen molar-refractivity contribution in [1.82, 2.24) is 9.97 Å². The molecule has 1 saturated heterocycles. The Labute approximate surface area is 119 Å². The SMILES string of the molecule is CC1(C(N)=O)CCN(c2nc(Cl)nc3sccc23)C1. The number of amides is 1. The number of hydrogen-bond donors (Lipinski definition) is 1. The fourth-order valence-corrected chi connectivity index (χ4v) is 3.37. The molecule has 19 heavy (non-hydrogen) atoms. The first-order valence-corrected chi connectivity index (χ1v) is 7.21. The third-order valence-corrected chi connectivity index (χ3v) is 4.62. The highest BCUT2D eigenvalue weighted by Crippen LogP contribution is 2.36. The smallest absolute Gasteiger partial charge is 0.225 e. The highest BCUT2D eigenvalue weighted by Gasteiger charge is 2.39. The van der Waals surface area contributed by atoms with Gasteiger partial charge >= 0.3 is 0 Å². The Morgan fingerprint density at radius 3 is 3.05 bits per heavy atom. The maximum absolute atomic E-state index is 11.5. The van der Waals surface area contributed by atoms with E-state index in [0.29, 0.717) is 6.54 Å². The first kappa shape index (κ1) is 12.6. The molecular weight excluding hydrogens is 284 g/mol. The zero-order valence-electron chi connectivity index (χ0n) is 10.4. The number of nitrogens with zero attached hydrogens (tertiary/aromatic N) is 3. The minimum absolute atomic E-state index is 0.234. The lowest BCUT2D eigenvalue weighted by Gasteiger charge is -2.22. The molecule has 7 heteroatoms. The number of nitrogens with two attached hydrogens (primary N) is 1. The molecule has 1 atom stereocenters. The number of carbonyl (C=O) groups excluding carboxylic acids is 1. The average molecular weight is 297 g/mol. The normalized spacial score (nSPS) is 23.2. The van der Waals surface area contributed by atoms with Crippen LogP contribution in [0.15, 0.2) is 11.4 Å². The molecule has 0 aliphatic carbocycles. The molecule has 0 spiro atoms. The molecule has 1 amide bonds. The summed E-state index contributed by atoms with van der Waals surface area (Å²) in [7, 11) is 0. The van der Waals surface area contributed by atoms with Gasteiger partial charge in [-0.1, -0.05) is 0 Å². The summed E-state index contributed by atoms with van der Waals surface area (Å²) in [5.74, 6) is 0.526. The third-order valence-electron chi connectivity index (χ3n) is 3.65. The molecule has 1 aliphatic heterocycles. The number of halogens is 1. The van der Waals surface area contributed by atoms with Gasteiger partial charge in [-0.25, -0.2) is 4.98 Å². The van der Waals surface area contributed by atoms with E-state index in [-0.39, 0.29) is 11.2 Å². The Kier molecular flexibility index (Phi) is 2.87. The van der Waals surface area contributed by atoms with Gasteiger partial charge in [0.05, 0.1) is 10.8 Å². The van der Waals surface area contributed by atoms with Crippen molar-refractivity contribution in [3.8, 4) is 0 Å². The van der Waals surface area contributed by atoms with Gasteiger partial charge in [-0.05, 0) is 36.4 Å². The molecule has 2 N–H and O–H groups in total. The van der Waals surface area contributed by atoms with Crippen LogP contribution in [0, 0.1) is 5.41 Å². The van der Waals surface area contributed by atoms with Crippen LogP contribution >= 0.6 is 22.9 Å². The summed E-state index contributed by atoms with van der Waals surface area (Å²) in [6.07, 6.45) is 0.732. The summed E-state index contributed by atoms with van der Waals surface area (Å²) < 4.78 is 0. The van der Waals surface area contributed by atoms with E-state index in [2.05, 4.69) is 14.9 Å². The number of rotatable bonds is 2. The van der Waals surface area contributed by atoms with E-state index in [0.717, 1.165) is 29.0 Å². The maximum atomic E-state index is 11.5. The van der Waals surface area contributed by atoms with Crippen molar-refractivity contribution in [3.63, 3.8) is 0 Å². The van der Waals surface area contributed by atoms with E-state index in [1.165, 1.54) is 11.3 Å². The molecule has 1 aliphatic rings. The molecule has 0 radical (unpaired) electrons. The minimum Gasteiger partial charge on any atom is -0.369 e. The summed E-state index contributed by atoms with van der Waals surface area (Å²) in [4.78, 5) is 23.0. The summed E-state index contributed by atoms with van der Waals surface area (Å²) in [6.45, 7) is 3.21. The zero-order valence-corrected chi connectivity index (χ0v) is 12.0. The molecule has 1 fully saturated rings. The lowest BCUT2D eigenvalue weighted by atomic mass is 9.89. The van der Waals surface area contributed by atoms with Crippen molar-refractivity contribution < 1.29 is 4.79 Å². The van der Waals surface area contributed by atoms with Crippen LogP contribution in [-0.2, 0) is 4.79 Å². The van der Waals surface area contributed by atoms with Gasteiger partial charge in [0.15, 0.2) is 0 Å². The highest BCUT2D eigenvalue weighted by atomic mass is 35.5. The van der Waals surface area contributed by atoms with Crippen LogP contribution in [-0.4, -0.2) is 29.0 Å². The standard InChI is InChI=1S/C12H13ClN4OS/c1-12(10(14)18)3-4-17(6-12)8-7-2-5-19-9(7)16-11(13)15-8/h2,5H,3-4,6H2,1H3,(H2,14,18). The average Bonchev–Trinajstić information content (AvgIpc) is 2.95. The van der Waals surface area contributed by atoms with Crippen molar-refractivity contribution in [1.29, 1.82) is 0 Å². The van der Waals surface area contributed by atoms with E-state index in [1.54, 1.807) is 0 Å². The first-order valence-electron chi connectivity index (χ1n) is 5.95. The molecule has 2 aromatic heterocycles. The van der Waals surface area contributed by atoms with E-state index >= 15 is 0 Å². The van der Waals surface area contributed by atoms with Crippen molar-refractivity contribution in [2.24, 2.45) is 11.1 Å². The molecule has 1 unspecified atom stereocenters. The lowest BCUT2D eigenvalue weighted by molar-refractivity contribution is -0.125. The monoisotopic (exact) mass is 296 g/mol. The molecule has 100 valence electrons. The van der Waals surface area contributed by atoms with Gasteiger partial charge in [0.2, 0.25) is 11.2 Å². The van der Waals surface area contributed by atoms with Gasteiger partial charge in [-0.2, -0.15) is 4.98 Å². The van der Waals surface area contributed by atoms with Crippen LogP contribution in [0.3, 0.4) is 0 Å². The summed E-state index contributed by atoms with van der Waals surface area (Å²) >= 11 is 7.49. The van der Waals surface area contributed by atoms with Crippen LogP contribution in [0.2, 0.25) is 5.28 Å². The Hall–Kier alpha value is -1.40. The summed E-state index contributed by atoms with van der Waals surface area (Å²) in [5, 5.41) is 3.17. The molecule has 2 aromatic rings. The summed E-state index contributed by atoms with van der Waals surface area (Å²) in [6, 6.07) is 1.98. The molecule has 3 heterocycles. The van der Waals surface area contributed by atoms with Gasteiger partial charge in [0.1, 0.15) is 10.6 Å². The van der Waals surface area contributed by atoms with Crippen molar-refractivity contribution in [2.75, 3.05) is 18.0 Å². The van der Waals surface area contributed by atoms with Crippen LogP contribution in [0.4, 0.5) is 5.82 Å². The first-order chi connectivity index (χ1) is 8.99. The van der Waals surface area contributed by atoms with Crippen molar-refractivity contribution in [3.05, 3.63) is 16.7 Å². The second-order valence-corrected chi connectivity index (χ2v) is 6.28. The topological polar surface area (TPSA) is 72.1 Å². The second-order valence-electron chi connectivity index (χ2n) is 5.05. The second kappa shape index (κ2) is 4.31. The number of primary amides is 1. The number of thiophene rings is 1. The lowest BCUT2D eigenvalue weighted by Crippen LogP contribution is -2.37. The van der Waals surface area contributed by atoms with Crippen LogP contribution in [0.1, 0.15) is 13.3 Å². The third kappa shape index (κ3) is 2.04. The predicted octanol–water partition coefficient (Wildman–Crippen LogP) is 2.05. The Bertz CT molecular complexity index is 658. The minimum atomic E-state index is -0.500. The van der Waals surface area contributed by atoms with Gasteiger partial charge in [0, 0.05) is 13.1 Å². The van der Waals surface area contributed by atoms with E-state index in [9.17, 15) is 4.79 Å². The zero-order chi connectivity index (χ0) is 13.6. The largest absolute Gasteiger partial charge is 0.369 e. The Balaban J connectivity index is 2.02. The van der Waals surface area contributed by atoms with E-state index in [4.69, 9.17) is 17.3 Å². The molecule has 0 saturated carbocycles. The van der Waals surface area contributed by atoms with Gasteiger partial charge in [0.25, 0.3) is 0 Å². The van der Waals surface area contributed by atoms with Gasteiger partial charge < -0.3 is 10.6 Å². The van der Waals surface area contributed by atoms with Gasteiger partial charge in [-0.15, -0.1) is 11.3 Å². The quantitative estimate of drug-likeness (QED) is 0.861.